The van der Waals surface area contributed by atoms with Crippen LogP contribution < -0.4 is 27.2 Å². The minimum atomic E-state index is -0.559. The second kappa shape index (κ2) is 20.0. The molecule has 0 bridgehead atoms. The zero-order valence-corrected chi connectivity index (χ0v) is 28.2. The Balaban J connectivity index is 0.000000363. The lowest BCUT2D eigenvalue weighted by atomic mass is 10.1. The first kappa shape index (κ1) is 38.8. The Morgan fingerprint density at radius 2 is 1.62 bits per heavy atom. The summed E-state index contributed by atoms with van der Waals surface area (Å²) in [4.78, 5) is 40.0. The molecule has 2 aliphatic rings. The van der Waals surface area contributed by atoms with E-state index in [0.29, 0.717) is 37.4 Å². The lowest BCUT2D eigenvalue weighted by Gasteiger charge is -2.35. The van der Waals surface area contributed by atoms with Gasteiger partial charge in [-0.3, -0.25) is 14.6 Å². The van der Waals surface area contributed by atoms with Crippen LogP contribution in [0.1, 0.15) is 68.8 Å². The fourth-order valence-corrected chi connectivity index (χ4v) is 4.33. The van der Waals surface area contributed by atoms with Crippen LogP contribution in [-0.2, 0) is 9.53 Å². The molecule has 1 saturated heterocycles. The van der Waals surface area contributed by atoms with E-state index in [2.05, 4.69) is 24.1 Å². The average Bonchev–Trinajstić information content (AvgIpc) is 3.90. The number of hydrogen-bond donors (Lipinski definition) is 4. The van der Waals surface area contributed by atoms with Crippen LogP contribution in [0, 0.1) is 5.82 Å². The van der Waals surface area contributed by atoms with Crippen LogP contribution in [0.2, 0.25) is 0 Å². The SMILES string of the molecule is C=CCNCCC.CC(C)(C)OC(=O)N1CCN(C(=O)CNC(=O)c2ccc(N(N)/C=C\N)cc2)CC1.Fc1ccc(C2CC2)cc1. The molecule has 0 radical (unpaired) electrons. The zero-order chi connectivity index (χ0) is 34.8. The molecule has 11 nitrogen and oxygen atoms in total. The van der Waals surface area contributed by atoms with Gasteiger partial charge in [-0.1, -0.05) is 25.1 Å². The highest BCUT2D eigenvalue weighted by molar-refractivity contribution is 5.96. The number of carbonyl (C=O) groups excluding carboxylic acids is 3. The molecule has 0 unspecified atom stereocenters. The topological polar surface area (TPSA) is 146 Å². The first-order chi connectivity index (χ1) is 22.4. The molecule has 258 valence electrons. The van der Waals surface area contributed by atoms with Crippen molar-refractivity contribution in [2.75, 3.05) is 50.8 Å². The number of nitrogens with zero attached hydrogens (tertiary/aromatic N) is 3. The summed E-state index contributed by atoms with van der Waals surface area (Å²) in [5, 5.41) is 7.11. The predicted molar refractivity (Wildman–Crippen MR) is 185 cm³/mol. The van der Waals surface area contributed by atoms with Crippen LogP contribution in [0.3, 0.4) is 0 Å². The van der Waals surface area contributed by atoms with E-state index in [1.54, 1.807) is 34.1 Å². The summed E-state index contributed by atoms with van der Waals surface area (Å²) < 4.78 is 17.7. The average molecular weight is 654 g/mol. The number of amides is 3. The molecule has 1 aliphatic heterocycles. The van der Waals surface area contributed by atoms with Crippen molar-refractivity contribution in [2.45, 2.75) is 58.5 Å². The van der Waals surface area contributed by atoms with Gasteiger partial charge in [0, 0.05) is 50.7 Å². The molecule has 12 heteroatoms. The van der Waals surface area contributed by atoms with Crippen molar-refractivity contribution in [3.63, 3.8) is 0 Å². The molecular formula is C35H52FN7O4. The van der Waals surface area contributed by atoms with Crippen LogP contribution in [-0.4, -0.2) is 79.1 Å². The molecule has 47 heavy (non-hydrogen) atoms. The molecule has 0 atom stereocenters. The first-order valence-corrected chi connectivity index (χ1v) is 16.0. The molecule has 0 spiro atoms. The van der Waals surface area contributed by atoms with Crippen molar-refractivity contribution in [1.82, 2.24) is 20.4 Å². The number of hydrogen-bond acceptors (Lipinski definition) is 8. The minimum Gasteiger partial charge on any atom is -0.444 e. The fraction of sp³-hybridized carbons (Fsp3) is 0.457. The number of piperazine rings is 1. The maximum atomic E-state index is 12.4. The van der Waals surface area contributed by atoms with Gasteiger partial charge in [0.1, 0.15) is 11.4 Å². The molecule has 1 saturated carbocycles. The van der Waals surface area contributed by atoms with E-state index in [1.165, 1.54) is 54.4 Å². The highest BCUT2D eigenvalue weighted by Gasteiger charge is 2.27. The van der Waals surface area contributed by atoms with E-state index in [-0.39, 0.29) is 30.3 Å². The predicted octanol–water partition coefficient (Wildman–Crippen LogP) is 4.48. The van der Waals surface area contributed by atoms with Crippen LogP contribution in [0.25, 0.3) is 0 Å². The van der Waals surface area contributed by atoms with Crippen LogP contribution in [0.4, 0.5) is 14.9 Å². The molecule has 2 fully saturated rings. The van der Waals surface area contributed by atoms with E-state index >= 15 is 0 Å². The molecule has 2 aromatic rings. The lowest BCUT2D eigenvalue weighted by molar-refractivity contribution is -0.131. The maximum absolute atomic E-state index is 12.4. The van der Waals surface area contributed by atoms with Gasteiger partial charge in [0.25, 0.3) is 5.91 Å². The summed E-state index contributed by atoms with van der Waals surface area (Å²) >= 11 is 0. The van der Waals surface area contributed by atoms with Gasteiger partial charge in [0.05, 0.1) is 12.2 Å². The summed E-state index contributed by atoms with van der Waals surface area (Å²) in [6, 6.07) is 13.4. The van der Waals surface area contributed by atoms with Gasteiger partial charge in [-0.2, -0.15) is 0 Å². The summed E-state index contributed by atoms with van der Waals surface area (Å²) in [6.45, 7) is 14.6. The molecule has 1 aliphatic carbocycles. The monoisotopic (exact) mass is 653 g/mol. The third-order valence-electron chi connectivity index (χ3n) is 6.99. The van der Waals surface area contributed by atoms with Gasteiger partial charge in [-0.25, -0.2) is 15.0 Å². The Kier molecular flexibility index (Phi) is 16.5. The van der Waals surface area contributed by atoms with Crippen molar-refractivity contribution in [2.24, 2.45) is 11.6 Å². The van der Waals surface area contributed by atoms with E-state index < -0.39 is 5.60 Å². The number of carbonyl (C=O) groups is 3. The number of ether oxygens (including phenoxy) is 1. The third-order valence-corrected chi connectivity index (χ3v) is 6.99. The van der Waals surface area contributed by atoms with Crippen LogP contribution >= 0.6 is 0 Å². The van der Waals surface area contributed by atoms with E-state index in [0.717, 1.165) is 19.0 Å². The Morgan fingerprint density at radius 3 is 2.13 bits per heavy atom. The standard InChI is InChI=1S/C20H30N6O4.C9H9F.C6H13N/c1-20(2,3)30-19(29)25-12-10-24(11-13-25)17(27)14-23-18(28)15-4-6-16(7-5-15)26(22)9-8-21;10-9-5-3-8(4-6-9)7-1-2-7;1-3-5-7-6-4-2/h4-9H,10-14,21-22H2,1-3H3,(H,23,28);3-7H,1-2H2;3,7H,1,4-6H2,2H3/b9-8-;;. The molecule has 2 aromatic carbocycles. The van der Waals surface area contributed by atoms with Crippen molar-refractivity contribution < 1.29 is 23.5 Å². The normalized spacial score (nSPS) is 14.3. The van der Waals surface area contributed by atoms with Gasteiger partial charge in [0.2, 0.25) is 5.91 Å². The number of anilines is 1. The highest BCUT2D eigenvalue weighted by Crippen LogP contribution is 2.39. The van der Waals surface area contributed by atoms with Gasteiger partial charge < -0.3 is 30.9 Å². The number of rotatable bonds is 10. The van der Waals surface area contributed by atoms with Gasteiger partial charge >= 0.3 is 6.09 Å². The lowest BCUT2D eigenvalue weighted by Crippen LogP contribution is -2.53. The summed E-state index contributed by atoms with van der Waals surface area (Å²) in [6.07, 6.45) is 8.04. The Bertz CT molecular complexity index is 1280. The van der Waals surface area contributed by atoms with E-state index in [1.807, 2.05) is 39.0 Å². The Morgan fingerprint density at radius 1 is 1.02 bits per heavy atom. The molecular weight excluding hydrogens is 601 g/mol. The van der Waals surface area contributed by atoms with E-state index in [9.17, 15) is 18.8 Å². The molecule has 3 amide bonds. The molecule has 4 rings (SSSR count). The quantitative estimate of drug-likeness (QED) is 0.127. The summed E-state index contributed by atoms with van der Waals surface area (Å²) in [5.41, 5.74) is 7.09. The minimum absolute atomic E-state index is 0.119. The fourth-order valence-electron chi connectivity index (χ4n) is 4.33. The number of nitrogens with one attached hydrogen (secondary N) is 2. The zero-order valence-electron chi connectivity index (χ0n) is 28.2. The molecule has 0 aromatic heterocycles. The highest BCUT2D eigenvalue weighted by atomic mass is 19.1. The summed E-state index contributed by atoms with van der Waals surface area (Å²) in [5.74, 6) is 5.79. The van der Waals surface area contributed by atoms with Crippen molar-refractivity contribution in [3.8, 4) is 0 Å². The molecule has 6 N–H and O–H groups in total. The van der Waals surface area contributed by atoms with Crippen molar-refractivity contribution in [1.29, 1.82) is 0 Å². The number of benzene rings is 2. The van der Waals surface area contributed by atoms with Gasteiger partial charge in [0.15, 0.2) is 0 Å². The van der Waals surface area contributed by atoms with Gasteiger partial charge in [-0.05, 0) is 94.5 Å². The summed E-state index contributed by atoms with van der Waals surface area (Å²) in [7, 11) is 0. The second-order valence-electron chi connectivity index (χ2n) is 12.1. The smallest absolute Gasteiger partial charge is 0.410 e. The Labute approximate surface area is 278 Å². The first-order valence-electron chi connectivity index (χ1n) is 16.0. The number of hydrazine groups is 1. The van der Waals surface area contributed by atoms with E-state index in [4.69, 9.17) is 16.3 Å². The maximum Gasteiger partial charge on any atom is 0.410 e. The number of nitrogens with two attached hydrogens (primary N) is 2. The van der Waals surface area contributed by atoms with Crippen LogP contribution in [0.5, 0.6) is 0 Å². The third kappa shape index (κ3) is 15.1. The van der Waals surface area contributed by atoms with Crippen LogP contribution in [0.15, 0.2) is 73.6 Å². The van der Waals surface area contributed by atoms with Crippen molar-refractivity contribution in [3.05, 3.63) is 90.5 Å². The van der Waals surface area contributed by atoms with Gasteiger partial charge in [-0.15, -0.1) is 6.58 Å². The second-order valence-corrected chi connectivity index (χ2v) is 12.1. The largest absolute Gasteiger partial charge is 0.444 e. The Hall–Kier alpha value is -4.42. The number of halogens is 1. The molecule has 1 heterocycles. The van der Waals surface area contributed by atoms with Crippen molar-refractivity contribution >= 4 is 23.6 Å².